The number of anilines is 3. The van der Waals surface area contributed by atoms with Crippen LogP contribution in [0.4, 0.5) is 17.5 Å². The largest absolute Gasteiger partial charge is 0.341 e. The molecule has 0 spiro atoms. The minimum absolute atomic E-state index is 0.0558. The van der Waals surface area contributed by atoms with Gasteiger partial charge in [0.1, 0.15) is 5.82 Å². The average molecular weight is 296 g/mol. The van der Waals surface area contributed by atoms with Crippen LogP contribution in [0.15, 0.2) is 30.3 Å². The minimum Gasteiger partial charge on any atom is -0.341 e. The quantitative estimate of drug-likeness (QED) is 0.877. The van der Waals surface area contributed by atoms with E-state index in [1.165, 1.54) is 12.8 Å². The Morgan fingerprint density at radius 1 is 1.18 bits per heavy atom. The zero-order valence-electron chi connectivity index (χ0n) is 13.0. The molecule has 0 atom stereocenters. The Morgan fingerprint density at radius 2 is 1.95 bits per heavy atom. The fourth-order valence-electron chi connectivity index (χ4n) is 2.64. The van der Waals surface area contributed by atoms with Crippen LogP contribution < -0.4 is 10.2 Å². The van der Waals surface area contributed by atoms with Crippen molar-refractivity contribution >= 4 is 23.2 Å². The Balaban J connectivity index is 1.85. The van der Waals surface area contributed by atoms with Crippen molar-refractivity contribution in [1.29, 1.82) is 0 Å². The minimum atomic E-state index is 0.0558. The molecule has 3 rings (SSSR count). The van der Waals surface area contributed by atoms with Crippen molar-refractivity contribution < 1.29 is 4.79 Å². The Morgan fingerprint density at radius 3 is 2.68 bits per heavy atom. The Bertz CT molecular complexity index is 693. The van der Waals surface area contributed by atoms with E-state index in [1.54, 1.807) is 6.92 Å². The molecule has 0 amide bonds. The summed E-state index contributed by atoms with van der Waals surface area (Å²) in [7, 11) is 0. The molecular formula is C17H20N4O. The lowest BCUT2D eigenvalue weighted by molar-refractivity contribution is 0.101. The first-order chi connectivity index (χ1) is 10.6. The zero-order valence-corrected chi connectivity index (χ0v) is 13.0. The maximum absolute atomic E-state index is 11.5. The van der Waals surface area contributed by atoms with Crippen molar-refractivity contribution in [3.05, 3.63) is 41.6 Å². The Hall–Kier alpha value is -2.43. The highest BCUT2D eigenvalue weighted by atomic mass is 16.1. The molecule has 5 nitrogen and oxygen atoms in total. The number of benzene rings is 1. The lowest BCUT2D eigenvalue weighted by Crippen LogP contribution is -2.21. The van der Waals surface area contributed by atoms with E-state index in [9.17, 15) is 4.79 Å². The van der Waals surface area contributed by atoms with E-state index in [2.05, 4.69) is 20.2 Å². The zero-order chi connectivity index (χ0) is 15.5. The molecule has 1 saturated heterocycles. The molecular weight excluding hydrogens is 276 g/mol. The molecule has 1 N–H and O–H groups in total. The summed E-state index contributed by atoms with van der Waals surface area (Å²) >= 11 is 0. The smallest absolute Gasteiger partial charge is 0.227 e. The van der Waals surface area contributed by atoms with Crippen molar-refractivity contribution in [3.8, 4) is 0 Å². The third-order valence-electron chi connectivity index (χ3n) is 3.77. The summed E-state index contributed by atoms with van der Waals surface area (Å²) in [5.41, 5.74) is 2.48. The number of ketones is 1. The molecule has 2 heterocycles. The second-order valence-corrected chi connectivity index (χ2v) is 5.65. The molecule has 0 unspecified atom stereocenters. The van der Waals surface area contributed by atoms with E-state index in [0.717, 1.165) is 36.2 Å². The first-order valence-corrected chi connectivity index (χ1v) is 7.60. The monoisotopic (exact) mass is 296 g/mol. The summed E-state index contributed by atoms with van der Waals surface area (Å²) in [5.74, 6) is 1.60. The van der Waals surface area contributed by atoms with E-state index in [-0.39, 0.29) is 5.78 Å². The number of aromatic nitrogens is 2. The number of carbonyl (C=O) groups is 1. The standard InChI is InChI=1S/C17H20N4O/c1-12-10-16(20-17(18-12)21-8-3-4-9-21)19-15-7-5-6-14(11-15)13(2)22/h5-7,10-11H,3-4,8-9H2,1-2H3,(H,18,19,20). The third kappa shape index (κ3) is 3.24. The summed E-state index contributed by atoms with van der Waals surface area (Å²) in [4.78, 5) is 22.8. The summed E-state index contributed by atoms with van der Waals surface area (Å²) in [5, 5.41) is 3.27. The van der Waals surface area contributed by atoms with Gasteiger partial charge in [-0.15, -0.1) is 0 Å². The Labute approximate surface area is 130 Å². The lowest BCUT2D eigenvalue weighted by atomic mass is 10.1. The van der Waals surface area contributed by atoms with E-state index in [0.29, 0.717) is 5.56 Å². The molecule has 22 heavy (non-hydrogen) atoms. The van der Waals surface area contributed by atoms with Crippen molar-refractivity contribution in [1.82, 2.24) is 9.97 Å². The topological polar surface area (TPSA) is 58.1 Å². The van der Waals surface area contributed by atoms with Gasteiger partial charge in [0.25, 0.3) is 0 Å². The average Bonchev–Trinajstić information content (AvgIpc) is 3.01. The molecule has 1 aliphatic rings. The molecule has 5 heteroatoms. The number of nitrogens with zero attached hydrogens (tertiary/aromatic N) is 3. The second kappa shape index (κ2) is 6.13. The maximum atomic E-state index is 11.5. The first kappa shape index (κ1) is 14.5. The van der Waals surface area contributed by atoms with Crippen LogP contribution in [-0.2, 0) is 0 Å². The van der Waals surface area contributed by atoms with Gasteiger partial charge >= 0.3 is 0 Å². The number of hydrogen-bond donors (Lipinski definition) is 1. The van der Waals surface area contributed by atoms with E-state index < -0.39 is 0 Å². The van der Waals surface area contributed by atoms with Gasteiger partial charge in [0.15, 0.2) is 5.78 Å². The fraction of sp³-hybridized carbons (Fsp3) is 0.353. The normalized spacial score (nSPS) is 14.2. The number of Topliss-reactive ketones (excluding diaryl/α,β-unsaturated/α-hetero) is 1. The van der Waals surface area contributed by atoms with Crippen molar-refractivity contribution in [3.63, 3.8) is 0 Å². The number of aryl methyl sites for hydroxylation is 1. The Kier molecular flexibility index (Phi) is 4.04. The second-order valence-electron chi connectivity index (χ2n) is 5.65. The lowest BCUT2D eigenvalue weighted by Gasteiger charge is -2.17. The molecule has 1 aromatic heterocycles. The van der Waals surface area contributed by atoms with Gasteiger partial charge in [-0.3, -0.25) is 4.79 Å². The van der Waals surface area contributed by atoms with Gasteiger partial charge in [-0.2, -0.15) is 4.98 Å². The summed E-state index contributed by atoms with van der Waals surface area (Å²) in [6.45, 7) is 5.57. The first-order valence-electron chi connectivity index (χ1n) is 7.60. The third-order valence-corrected chi connectivity index (χ3v) is 3.77. The number of carbonyl (C=O) groups excluding carboxylic acids is 1. The van der Waals surface area contributed by atoms with Crippen LogP contribution in [0.25, 0.3) is 0 Å². The van der Waals surface area contributed by atoms with Gasteiger partial charge in [0.2, 0.25) is 5.95 Å². The van der Waals surface area contributed by atoms with Gasteiger partial charge in [-0.25, -0.2) is 4.98 Å². The number of rotatable bonds is 4. The maximum Gasteiger partial charge on any atom is 0.227 e. The van der Waals surface area contributed by atoms with Crippen LogP contribution in [0.5, 0.6) is 0 Å². The van der Waals surface area contributed by atoms with Crippen LogP contribution in [0, 0.1) is 6.92 Å². The molecule has 0 bridgehead atoms. The predicted molar refractivity (Wildman–Crippen MR) is 87.9 cm³/mol. The highest BCUT2D eigenvalue weighted by Crippen LogP contribution is 2.21. The summed E-state index contributed by atoms with van der Waals surface area (Å²) < 4.78 is 0. The molecule has 2 aromatic rings. The van der Waals surface area contributed by atoms with Crippen LogP contribution in [0.2, 0.25) is 0 Å². The molecule has 0 aliphatic carbocycles. The van der Waals surface area contributed by atoms with Gasteiger partial charge in [0.05, 0.1) is 0 Å². The van der Waals surface area contributed by atoms with E-state index >= 15 is 0 Å². The highest BCUT2D eigenvalue weighted by Gasteiger charge is 2.16. The number of hydrogen-bond acceptors (Lipinski definition) is 5. The molecule has 1 fully saturated rings. The molecule has 1 aromatic carbocycles. The molecule has 0 radical (unpaired) electrons. The summed E-state index contributed by atoms with van der Waals surface area (Å²) in [6, 6.07) is 9.37. The van der Waals surface area contributed by atoms with Crippen molar-refractivity contribution in [2.75, 3.05) is 23.3 Å². The summed E-state index contributed by atoms with van der Waals surface area (Å²) in [6.07, 6.45) is 2.39. The highest BCUT2D eigenvalue weighted by molar-refractivity contribution is 5.95. The van der Waals surface area contributed by atoms with Crippen molar-refractivity contribution in [2.24, 2.45) is 0 Å². The van der Waals surface area contributed by atoms with Gasteiger partial charge in [0, 0.05) is 36.1 Å². The predicted octanol–water partition coefficient (Wildman–Crippen LogP) is 3.33. The molecule has 0 saturated carbocycles. The van der Waals surface area contributed by atoms with Gasteiger partial charge in [-0.05, 0) is 38.8 Å². The van der Waals surface area contributed by atoms with Gasteiger partial charge in [-0.1, -0.05) is 12.1 Å². The van der Waals surface area contributed by atoms with Crippen LogP contribution in [0.1, 0.15) is 35.8 Å². The number of nitrogens with one attached hydrogen (secondary N) is 1. The van der Waals surface area contributed by atoms with E-state index in [1.807, 2.05) is 37.3 Å². The molecule has 114 valence electrons. The van der Waals surface area contributed by atoms with Crippen molar-refractivity contribution in [2.45, 2.75) is 26.7 Å². The van der Waals surface area contributed by atoms with Gasteiger partial charge < -0.3 is 10.2 Å². The van der Waals surface area contributed by atoms with Crippen LogP contribution in [-0.4, -0.2) is 28.8 Å². The fourth-order valence-corrected chi connectivity index (χ4v) is 2.64. The molecule has 1 aliphatic heterocycles. The van der Waals surface area contributed by atoms with E-state index in [4.69, 9.17) is 0 Å². The SMILES string of the molecule is CC(=O)c1cccc(Nc2cc(C)nc(N3CCCC3)n2)c1. The van der Waals surface area contributed by atoms with Crippen LogP contribution >= 0.6 is 0 Å². The van der Waals surface area contributed by atoms with Crippen LogP contribution in [0.3, 0.4) is 0 Å².